The van der Waals surface area contributed by atoms with Gasteiger partial charge in [0.2, 0.25) is 0 Å². The fourth-order valence-corrected chi connectivity index (χ4v) is 3.94. The molecule has 176 valence electrons. The molecule has 12 heteroatoms. The molecule has 8 nitrogen and oxygen atoms in total. The van der Waals surface area contributed by atoms with Crippen molar-refractivity contribution in [3.8, 4) is 11.5 Å². The predicted molar refractivity (Wildman–Crippen MR) is 120 cm³/mol. The van der Waals surface area contributed by atoms with Crippen LogP contribution in [0, 0.1) is 0 Å². The van der Waals surface area contributed by atoms with Crippen molar-refractivity contribution in [1.29, 1.82) is 0 Å². The molecule has 0 aliphatic heterocycles. The van der Waals surface area contributed by atoms with Crippen molar-refractivity contribution in [2.45, 2.75) is 32.1 Å². The zero-order chi connectivity index (χ0) is 23.1. The van der Waals surface area contributed by atoms with E-state index in [-0.39, 0.29) is 99.5 Å². The summed E-state index contributed by atoms with van der Waals surface area (Å²) in [4.78, 5) is 0. The van der Waals surface area contributed by atoms with Crippen LogP contribution in [-0.4, -0.2) is 50.7 Å². The summed E-state index contributed by atoms with van der Waals surface area (Å²) in [5.74, 6) is 0.488. The molecule has 0 amide bonds. The van der Waals surface area contributed by atoms with Crippen molar-refractivity contribution in [3.63, 3.8) is 0 Å². The van der Waals surface area contributed by atoms with E-state index in [1.165, 1.54) is 0 Å². The van der Waals surface area contributed by atoms with Gasteiger partial charge < -0.3 is 12.3 Å². The number of benzene rings is 2. The zero-order valence-corrected chi connectivity index (χ0v) is 25.2. The van der Waals surface area contributed by atoms with Gasteiger partial charge in [0.15, 0.2) is 0 Å². The molecule has 0 bridgehead atoms. The number of hydrogen-bond donors (Lipinski definition) is 2. The molecule has 0 saturated carbocycles. The third kappa shape index (κ3) is 12.4. The molecular formula is C21H30Na2O8S2. The standard InChI is InChI=1S/C21H28O8S2.2Na.2H/c1-21(2,17-7-3-9-19(15-17)28-11-5-13-30(22,23)24)18-8-4-10-20(16-18)29-12-6-14-31(25,26)27;;;;/h3-4,7-10,15-16H,5-6,11-14H2,1-2H3,(H,22,23,24)(H,25,26,27);;;;/q;2*+1;2*-1. The maximum absolute atomic E-state index is 10.8. The normalized spacial score (nSPS) is 11.8. The summed E-state index contributed by atoms with van der Waals surface area (Å²) in [7, 11) is -8.00. The molecule has 0 fully saturated rings. The Morgan fingerprint density at radius 2 is 1.12 bits per heavy atom. The molecule has 0 saturated heterocycles. The second kappa shape index (κ2) is 14.4. The van der Waals surface area contributed by atoms with E-state index in [0.717, 1.165) is 11.1 Å². The van der Waals surface area contributed by atoms with Crippen molar-refractivity contribution in [2.24, 2.45) is 0 Å². The molecule has 2 aromatic carbocycles. The van der Waals surface area contributed by atoms with E-state index < -0.39 is 25.7 Å². The van der Waals surface area contributed by atoms with E-state index in [4.69, 9.17) is 18.6 Å². The summed E-state index contributed by atoms with van der Waals surface area (Å²) in [5.41, 5.74) is 1.55. The maximum atomic E-state index is 10.8. The quantitative estimate of drug-likeness (QED) is 0.180. The van der Waals surface area contributed by atoms with Gasteiger partial charge in [0.25, 0.3) is 20.2 Å². The first-order valence-corrected chi connectivity index (χ1v) is 13.0. The van der Waals surface area contributed by atoms with E-state index >= 15 is 0 Å². The molecule has 2 N–H and O–H groups in total. The van der Waals surface area contributed by atoms with E-state index in [1.54, 1.807) is 12.1 Å². The molecule has 0 atom stereocenters. The summed E-state index contributed by atoms with van der Waals surface area (Å²) >= 11 is 0. The first-order valence-electron chi connectivity index (χ1n) is 9.74. The van der Waals surface area contributed by atoms with Crippen molar-refractivity contribution >= 4 is 20.2 Å². The van der Waals surface area contributed by atoms with Crippen LogP contribution in [0.15, 0.2) is 48.5 Å². The van der Waals surface area contributed by atoms with Gasteiger partial charge in [-0.15, -0.1) is 0 Å². The minimum atomic E-state index is -4.00. The van der Waals surface area contributed by atoms with Crippen LogP contribution in [0.2, 0.25) is 0 Å². The molecular weight excluding hydrogens is 490 g/mol. The van der Waals surface area contributed by atoms with Gasteiger partial charge >= 0.3 is 59.1 Å². The Morgan fingerprint density at radius 1 is 0.758 bits per heavy atom. The Bertz CT molecular complexity index is 1010. The minimum Gasteiger partial charge on any atom is -1.00 e. The third-order valence-electron chi connectivity index (χ3n) is 4.74. The average molecular weight is 521 g/mol. The minimum absolute atomic E-state index is 0. The van der Waals surface area contributed by atoms with Crippen molar-refractivity contribution in [2.75, 3.05) is 24.7 Å². The van der Waals surface area contributed by atoms with Gasteiger partial charge in [0.05, 0.1) is 24.7 Å². The molecule has 0 aromatic heterocycles. The molecule has 0 radical (unpaired) electrons. The topological polar surface area (TPSA) is 127 Å². The van der Waals surface area contributed by atoms with Crippen LogP contribution < -0.4 is 68.6 Å². The fraction of sp³-hybridized carbons (Fsp3) is 0.429. The monoisotopic (exact) mass is 520 g/mol. The largest absolute Gasteiger partial charge is 1.00 e. The van der Waals surface area contributed by atoms with Gasteiger partial charge in [-0.1, -0.05) is 38.1 Å². The molecule has 0 spiro atoms. The van der Waals surface area contributed by atoms with Crippen LogP contribution in [0.5, 0.6) is 11.5 Å². The first-order chi connectivity index (χ1) is 14.4. The zero-order valence-electron chi connectivity index (χ0n) is 21.5. The SMILES string of the molecule is CC(C)(c1cccc(OCCCS(=O)(=O)O)c1)c1cccc(OCCCS(=O)(=O)O)c1.[H-].[H-].[Na+].[Na+]. The van der Waals surface area contributed by atoms with E-state index in [2.05, 4.69) is 0 Å². The first kappa shape index (κ1) is 32.9. The Labute approximate surface area is 243 Å². The predicted octanol–water partition coefficient (Wildman–Crippen LogP) is -2.44. The molecule has 2 aromatic rings. The van der Waals surface area contributed by atoms with E-state index in [1.807, 2.05) is 50.2 Å². The van der Waals surface area contributed by atoms with Crippen LogP contribution in [-0.2, 0) is 25.7 Å². The fourth-order valence-electron chi connectivity index (χ4n) is 2.98. The maximum Gasteiger partial charge on any atom is 1.00 e. The van der Waals surface area contributed by atoms with Crippen LogP contribution in [0.25, 0.3) is 0 Å². The van der Waals surface area contributed by atoms with Crippen LogP contribution in [0.3, 0.4) is 0 Å². The molecule has 0 aliphatic carbocycles. The second-order valence-corrected chi connectivity index (χ2v) is 10.8. The summed E-state index contributed by atoms with van der Waals surface area (Å²) in [6, 6.07) is 15.0. The van der Waals surface area contributed by atoms with Gasteiger partial charge in [0.1, 0.15) is 11.5 Å². The third-order valence-corrected chi connectivity index (χ3v) is 6.35. The molecule has 2 rings (SSSR count). The number of ether oxygens (including phenoxy) is 2. The number of hydrogen-bond acceptors (Lipinski definition) is 6. The second-order valence-electron chi connectivity index (χ2n) is 7.66. The Kier molecular flexibility index (Phi) is 14.4. The Hall–Kier alpha value is -0.140. The van der Waals surface area contributed by atoms with Gasteiger partial charge in [-0.2, -0.15) is 16.8 Å². The summed E-state index contributed by atoms with van der Waals surface area (Å²) < 4.78 is 72.0. The molecule has 0 unspecified atom stereocenters. The molecule has 0 heterocycles. The summed E-state index contributed by atoms with van der Waals surface area (Å²) in [6.07, 6.45) is 0.368. The van der Waals surface area contributed by atoms with E-state index in [0.29, 0.717) is 11.5 Å². The summed E-state index contributed by atoms with van der Waals surface area (Å²) in [6.45, 7) is 4.41. The van der Waals surface area contributed by atoms with Crippen LogP contribution >= 0.6 is 0 Å². The van der Waals surface area contributed by atoms with Gasteiger partial charge in [-0.25, -0.2) is 0 Å². The smallest absolute Gasteiger partial charge is 1.00 e. The van der Waals surface area contributed by atoms with Crippen molar-refractivity contribution < 1.29 is 97.4 Å². The number of rotatable bonds is 12. The Balaban J connectivity index is -0.00000256. The van der Waals surface area contributed by atoms with Gasteiger partial charge in [-0.3, -0.25) is 9.11 Å². The Morgan fingerprint density at radius 3 is 1.45 bits per heavy atom. The van der Waals surface area contributed by atoms with E-state index in [9.17, 15) is 16.8 Å². The van der Waals surface area contributed by atoms with Gasteiger partial charge in [-0.05, 0) is 48.2 Å². The van der Waals surface area contributed by atoms with Crippen LogP contribution in [0.4, 0.5) is 0 Å². The molecule has 33 heavy (non-hydrogen) atoms. The van der Waals surface area contributed by atoms with Crippen molar-refractivity contribution in [3.05, 3.63) is 59.7 Å². The molecule has 0 aliphatic rings. The average Bonchev–Trinajstić information content (AvgIpc) is 2.68. The summed E-state index contributed by atoms with van der Waals surface area (Å²) in [5, 5.41) is 0. The van der Waals surface area contributed by atoms with Gasteiger partial charge in [0, 0.05) is 5.41 Å². The van der Waals surface area contributed by atoms with Crippen LogP contribution in [0.1, 0.15) is 40.7 Å². The van der Waals surface area contributed by atoms with Crippen molar-refractivity contribution in [1.82, 2.24) is 0 Å².